The maximum absolute atomic E-state index is 12.0. The molecule has 0 aromatic rings. The maximum atomic E-state index is 12.0. The van der Waals surface area contributed by atoms with Gasteiger partial charge in [-0.15, -0.1) is 0 Å². The van der Waals surface area contributed by atoms with Crippen LogP contribution in [0, 0.1) is 22.7 Å². The maximum Gasteiger partial charge on any atom is 0.307 e. The Hall–Kier alpha value is -1.17. The molecule has 19 heavy (non-hydrogen) atoms. The number of hydrogen-bond acceptors (Lipinski definition) is 4. The van der Waals surface area contributed by atoms with Crippen molar-refractivity contribution >= 4 is 16.2 Å². The van der Waals surface area contributed by atoms with Crippen LogP contribution in [0.4, 0.5) is 0 Å². The van der Waals surface area contributed by atoms with E-state index in [0.29, 0.717) is 19.4 Å². The SMILES string of the molecule is CC(C)(C#N)CNS(=O)(=O)N1CCCC(C(=O)O)C1. The second-order valence-electron chi connectivity index (χ2n) is 5.36. The molecule has 0 spiro atoms. The topological polar surface area (TPSA) is 111 Å². The van der Waals surface area contributed by atoms with Gasteiger partial charge in [-0.3, -0.25) is 4.79 Å². The molecule has 1 fully saturated rings. The van der Waals surface area contributed by atoms with Crippen LogP contribution in [0.25, 0.3) is 0 Å². The Labute approximate surface area is 113 Å². The zero-order chi connectivity index (χ0) is 14.7. The normalized spacial score (nSPS) is 21.8. The van der Waals surface area contributed by atoms with Gasteiger partial charge in [0, 0.05) is 19.6 Å². The van der Waals surface area contributed by atoms with Gasteiger partial charge in [0.25, 0.3) is 10.2 Å². The number of carboxylic acids is 1. The van der Waals surface area contributed by atoms with Gasteiger partial charge in [0.2, 0.25) is 0 Å². The molecule has 0 amide bonds. The molecule has 1 aliphatic heterocycles. The lowest BCUT2D eigenvalue weighted by atomic mass is 9.97. The van der Waals surface area contributed by atoms with Gasteiger partial charge in [0.15, 0.2) is 0 Å². The summed E-state index contributed by atoms with van der Waals surface area (Å²) in [4.78, 5) is 10.9. The van der Waals surface area contributed by atoms with E-state index >= 15 is 0 Å². The molecule has 0 aromatic carbocycles. The van der Waals surface area contributed by atoms with Crippen LogP contribution in [-0.2, 0) is 15.0 Å². The third kappa shape index (κ3) is 4.45. The van der Waals surface area contributed by atoms with Crippen LogP contribution in [0.5, 0.6) is 0 Å². The van der Waals surface area contributed by atoms with Gasteiger partial charge in [0.1, 0.15) is 0 Å². The summed E-state index contributed by atoms with van der Waals surface area (Å²) in [7, 11) is -3.72. The zero-order valence-corrected chi connectivity index (χ0v) is 11.9. The van der Waals surface area contributed by atoms with E-state index in [-0.39, 0.29) is 13.1 Å². The number of nitrogens with one attached hydrogen (secondary N) is 1. The highest BCUT2D eigenvalue weighted by molar-refractivity contribution is 7.87. The number of piperidine rings is 1. The fourth-order valence-electron chi connectivity index (χ4n) is 1.76. The number of nitriles is 1. The molecule has 0 saturated carbocycles. The van der Waals surface area contributed by atoms with Crippen molar-refractivity contribution in [3.63, 3.8) is 0 Å². The van der Waals surface area contributed by atoms with Gasteiger partial charge >= 0.3 is 5.97 Å². The number of rotatable bonds is 5. The first-order chi connectivity index (χ1) is 8.68. The predicted octanol–water partition coefficient (Wildman–Crippen LogP) is 0.167. The van der Waals surface area contributed by atoms with E-state index in [1.807, 2.05) is 6.07 Å². The lowest BCUT2D eigenvalue weighted by Crippen LogP contribution is -2.49. The zero-order valence-electron chi connectivity index (χ0n) is 11.1. The van der Waals surface area contributed by atoms with Crippen LogP contribution in [0.1, 0.15) is 26.7 Å². The molecule has 0 bridgehead atoms. The van der Waals surface area contributed by atoms with Crippen molar-refractivity contribution in [2.75, 3.05) is 19.6 Å². The van der Waals surface area contributed by atoms with Crippen LogP contribution in [0.15, 0.2) is 0 Å². The van der Waals surface area contributed by atoms with E-state index in [0.717, 1.165) is 4.31 Å². The first-order valence-corrected chi connectivity index (χ1v) is 7.51. The Morgan fingerprint density at radius 1 is 1.58 bits per heavy atom. The van der Waals surface area contributed by atoms with Gasteiger partial charge in [-0.25, -0.2) is 4.72 Å². The van der Waals surface area contributed by atoms with Crippen molar-refractivity contribution in [2.24, 2.45) is 11.3 Å². The molecule has 2 N–H and O–H groups in total. The molecule has 1 unspecified atom stereocenters. The number of aliphatic carboxylic acids is 1. The summed E-state index contributed by atoms with van der Waals surface area (Å²) >= 11 is 0. The molecule has 1 heterocycles. The summed E-state index contributed by atoms with van der Waals surface area (Å²) in [6.45, 7) is 3.56. The molecule has 0 aliphatic carbocycles. The van der Waals surface area contributed by atoms with Gasteiger partial charge in [-0.2, -0.15) is 18.0 Å². The number of carboxylic acid groups (broad SMARTS) is 1. The van der Waals surface area contributed by atoms with E-state index < -0.39 is 27.5 Å². The van der Waals surface area contributed by atoms with Crippen molar-refractivity contribution in [2.45, 2.75) is 26.7 Å². The monoisotopic (exact) mass is 289 g/mol. The molecular weight excluding hydrogens is 270 g/mol. The Morgan fingerprint density at radius 2 is 2.21 bits per heavy atom. The van der Waals surface area contributed by atoms with Crippen molar-refractivity contribution in [1.29, 1.82) is 5.26 Å². The summed E-state index contributed by atoms with van der Waals surface area (Å²) in [6.07, 6.45) is 1.02. The second-order valence-corrected chi connectivity index (χ2v) is 7.11. The van der Waals surface area contributed by atoms with Crippen molar-refractivity contribution in [3.05, 3.63) is 0 Å². The van der Waals surface area contributed by atoms with E-state index in [1.165, 1.54) is 0 Å². The minimum Gasteiger partial charge on any atom is -0.481 e. The number of hydrogen-bond donors (Lipinski definition) is 2. The standard InChI is InChI=1S/C11H19N3O4S/c1-11(2,7-12)8-13-19(17,18)14-5-3-4-9(6-14)10(15)16/h9,13H,3-6,8H2,1-2H3,(H,15,16). The molecule has 1 aliphatic rings. The van der Waals surface area contributed by atoms with Crippen LogP contribution < -0.4 is 4.72 Å². The lowest BCUT2D eigenvalue weighted by molar-refractivity contribution is -0.142. The first-order valence-electron chi connectivity index (χ1n) is 6.07. The minimum atomic E-state index is -3.72. The molecule has 0 radical (unpaired) electrons. The summed E-state index contributed by atoms with van der Waals surface area (Å²) in [5.41, 5.74) is -0.797. The van der Waals surface area contributed by atoms with Gasteiger partial charge in [-0.1, -0.05) is 0 Å². The highest BCUT2D eigenvalue weighted by Crippen LogP contribution is 2.19. The largest absolute Gasteiger partial charge is 0.481 e. The van der Waals surface area contributed by atoms with Crippen LogP contribution in [-0.4, -0.2) is 43.4 Å². The van der Waals surface area contributed by atoms with Crippen LogP contribution in [0.2, 0.25) is 0 Å². The van der Waals surface area contributed by atoms with Crippen molar-refractivity contribution in [3.8, 4) is 6.07 Å². The number of nitrogens with zero attached hydrogens (tertiary/aromatic N) is 2. The fraction of sp³-hybridized carbons (Fsp3) is 0.818. The minimum absolute atomic E-state index is 0.0000709. The summed E-state index contributed by atoms with van der Waals surface area (Å²) in [6, 6.07) is 2.00. The van der Waals surface area contributed by atoms with Crippen LogP contribution in [0.3, 0.4) is 0 Å². The Morgan fingerprint density at radius 3 is 2.74 bits per heavy atom. The molecule has 108 valence electrons. The Kier molecular flexibility index (Phi) is 4.90. The Bertz CT molecular complexity index is 481. The van der Waals surface area contributed by atoms with Crippen molar-refractivity contribution in [1.82, 2.24) is 9.03 Å². The molecule has 8 heteroatoms. The highest BCUT2D eigenvalue weighted by Gasteiger charge is 2.33. The third-order valence-electron chi connectivity index (χ3n) is 3.07. The van der Waals surface area contributed by atoms with E-state index in [9.17, 15) is 13.2 Å². The molecular formula is C11H19N3O4S. The summed E-state index contributed by atoms with van der Waals surface area (Å²) in [5.74, 6) is -1.63. The van der Waals surface area contributed by atoms with Gasteiger partial charge in [-0.05, 0) is 26.7 Å². The molecule has 7 nitrogen and oxygen atoms in total. The average molecular weight is 289 g/mol. The van der Waals surface area contributed by atoms with E-state index in [4.69, 9.17) is 10.4 Å². The van der Waals surface area contributed by atoms with Crippen molar-refractivity contribution < 1.29 is 18.3 Å². The quantitative estimate of drug-likeness (QED) is 0.749. The predicted molar refractivity (Wildman–Crippen MR) is 68.2 cm³/mol. The third-order valence-corrected chi connectivity index (χ3v) is 4.59. The smallest absolute Gasteiger partial charge is 0.307 e. The number of carbonyl (C=O) groups is 1. The highest BCUT2D eigenvalue weighted by atomic mass is 32.2. The average Bonchev–Trinajstić information content (AvgIpc) is 2.37. The Balaban J connectivity index is 2.68. The molecule has 1 rings (SSSR count). The second kappa shape index (κ2) is 5.86. The summed E-state index contributed by atoms with van der Waals surface area (Å²) in [5, 5.41) is 17.8. The van der Waals surface area contributed by atoms with Crippen LogP contribution >= 0.6 is 0 Å². The van der Waals surface area contributed by atoms with E-state index in [1.54, 1.807) is 13.8 Å². The molecule has 1 atom stereocenters. The fourth-order valence-corrected chi connectivity index (χ4v) is 3.24. The van der Waals surface area contributed by atoms with Gasteiger partial charge in [0.05, 0.1) is 17.4 Å². The van der Waals surface area contributed by atoms with Gasteiger partial charge < -0.3 is 5.11 Å². The lowest BCUT2D eigenvalue weighted by Gasteiger charge is -2.30. The first kappa shape index (κ1) is 15.9. The molecule has 0 aromatic heterocycles. The molecule has 1 saturated heterocycles. The summed E-state index contributed by atoms with van der Waals surface area (Å²) < 4.78 is 27.6. The van der Waals surface area contributed by atoms with E-state index in [2.05, 4.69) is 4.72 Å².